The zero-order chi connectivity index (χ0) is 28.2. The third kappa shape index (κ3) is 7.34. The maximum absolute atomic E-state index is 13.9. The lowest BCUT2D eigenvalue weighted by molar-refractivity contribution is 0.265. The van der Waals surface area contributed by atoms with Crippen molar-refractivity contribution in [2.24, 2.45) is 5.92 Å². The van der Waals surface area contributed by atoms with E-state index in [2.05, 4.69) is 0 Å². The highest BCUT2D eigenvalue weighted by atomic mass is 35.5. The second kappa shape index (κ2) is 12.9. The van der Waals surface area contributed by atoms with E-state index in [9.17, 15) is 16.8 Å². The van der Waals surface area contributed by atoms with Crippen LogP contribution in [0.1, 0.15) is 50.2 Å². The number of benzene rings is 2. The maximum atomic E-state index is 13.9. The minimum atomic E-state index is -3.72. The van der Waals surface area contributed by atoms with Gasteiger partial charge in [0.1, 0.15) is 0 Å². The summed E-state index contributed by atoms with van der Waals surface area (Å²) in [6.07, 6.45) is 5.00. The molecule has 2 heterocycles. The van der Waals surface area contributed by atoms with Gasteiger partial charge in [-0.2, -0.15) is 21.3 Å². The monoisotopic (exact) mass is 596 g/mol. The Morgan fingerprint density at radius 3 is 2.05 bits per heavy atom. The number of rotatable bonds is 5. The molecule has 11 heteroatoms. The smallest absolute Gasteiger partial charge is 0.282 e. The highest BCUT2D eigenvalue weighted by Crippen LogP contribution is 2.27. The predicted octanol–water partition coefficient (Wildman–Crippen LogP) is 4.60. The molecule has 0 amide bonds. The third-order valence-corrected chi connectivity index (χ3v) is 11.7. The zero-order valence-electron chi connectivity index (χ0n) is 23.2. The Hall–Kier alpha value is -1.69. The SMILES string of the molecule is C[C@H]1CN(S(=O)(=O)c2ccc(N(C)C)cc2)CCCCCCCN(S(=O)(=O)N2CCc3cc(Cl)ccc3C2)C1. The molecular formula is C28H41ClN4O4S2. The second-order valence-electron chi connectivity index (χ2n) is 11.0. The summed E-state index contributed by atoms with van der Waals surface area (Å²) in [5.74, 6) is -0.175. The molecule has 0 saturated carbocycles. The molecule has 1 saturated heterocycles. The van der Waals surface area contributed by atoms with Gasteiger partial charge in [0, 0.05) is 64.1 Å². The maximum Gasteiger partial charge on any atom is 0.282 e. The van der Waals surface area contributed by atoms with Crippen molar-refractivity contribution in [2.75, 3.05) is 51.7 Å². The number of halogens is 1. The number of fused-ring (bicyclic) bond motifs is 1. The lowest BCUT2D eigenvalue weighted by Gasteiger charge is -2.35. The molecule has 0 spiro atoms. The Morgan fingerprint density at radius 1 is 0.769 bits per heavy atom. The summed E-state index contributed by atoms with van der Waals surface area (Å²) in [7, 11) is -3.59. The molecule has 4 rings (SSSR count). The van der Waals surface area contributed by atoms with Crippen LogP contribution in [0.3, 0.4) is 0 Å². The average molecular weight is 597 g/mol. The quantitative estimate of drug-likeness (QED) is 0.504. The van der Waals surface area contributed by atoms with Crippen LogP contribution in [0.5, 0.6) is 0 Å². The molecule has 0 aromatic heterocycles. The summed E-state index contributed by atoms with van der Waals surface area (Å²) in [6, 6.07) is 12.6. The van der Waals surface area contributed by atoms with Crippen LogP contribution in [-0.4, -0.2) is 76.6 Å². The fourth-order valence-corrected chi connectivity index (χ4v) is 8.94. The van der Waals surface area contributed by atoms with Crippen molar-refractivity contribution >= 4 is 37.5 Å². The molecule has 2 aromatic rings. The van der Waals surface area contributed by atoms with Crippen molar-refractivity contribution in [3.05, 3.63) is 58.6 Å². The van der Waals surface area contributed by atoms with Gasteiger partial charge in [0.15, 0.2) is 0 Å². The fraction of sp³-hybridized carbons (Fsp3) is 0.571. The van der Waals surface area contributed by atoms with Crippen LogP contribution in [0, 0.1) is 5.92 Å². The van der Waals surface area contributed by atoms with Crippen LogP contribution < -0.4 is 4.90 Å². The molecule has 0 N–H and O–H groups in total. The van der Waals surface area contributed by atoms with Crippen LogP contribution >= 0.6 is 11.6 Å². The van der Waals surface area contributed by atoms with Crippen molar-refractivity contribution in [2.45, 2.75) is 56.9 Å². The first-order chi connectivity index (χ1) is 18.5. The predicted molar refractivity (Wildman–Crippen MR) is 158 cm³/mol. The van der Waals surface area contributed by atoms with E-state index in [4.69, 9.17) is 11.6 Å². The molecule has 0 bridgehead atoms. The van der Waals surface area contributed by atoms with Crippen LogP contribution in [0.25, 0.3) is 0 Å². The second-order valence-corrected chi connectivity index (χ2v) is 15.3. The van der Waals surface area contributed by atoms with Crippen LogP contribution in [-0.2, 0) is 33.2 Å². The minimum absolute atomic E-state index is 0.175. The van der Waals surface area contributed by atoms with Crippen molar-refractivity contribution in [3.8, 4) is 0 Å². The first kappa shape index (κ1) is 30.3. The molecule has 1 fully saturated rings. The zero-order valence-corrected chi connectivity index (χ0v) is 25.6. The van der Waals surface area contributed by atoms with Gasteiger partial charge in [-0.15, -0.1) is 0 Å². The van der Waals surface area contributed by atoms with Gasteiger partial charge in [0.05, 0.1) is 4.90 Å². The molecule has 39 heavy (non-hydrogen) atoms. The van der Waals surface area contributed by atoms with Gasteiger partial charge in [-0.05, 0) is 72.7 Å². The molecule has 2 aliphatic rings. The Labute approximate surface area is 239 Å². The third-order valence-electron chi connectivity index (χ3n) is 7.63. The van der Waals surface area contributed by atoms with E-state index in [0.717, 1.165) is 48.9 Å². The minimum Gasteiger partial charge on any atom is -0.378 e. The van der Waals surface area contributed by atoms with E-state index in [-0.39, 0.29) is 23.9 Å². The normalized spacial score (nSPS) is 21.5. The largest absolute Gasteiger partial charge is 0.378 e. The molecule has 0 aliphatic carbocycles. The van der Waals surface area contributed by atoms with Crippen molar-refractivity contribution in [1.82, 2.24) is 12.9 Å². The van der Waals surface area contributed by atoms with Crippen molar-refractivity contribution < 1.29 is 16.8 Å². The van der Waals surface area contributed by atoms with E-state index in [0.29, 0.717) is 37.6 Å². The molecule has 2 aliphatic heterocycles. The van der Waals surface area contributed by atoms with Crippen molar-refractivity contribution in [1.29, 1.82) is 0 Å². The van der Waals surface area contributed by atoms with Gasteiger partial charge in [-0.1, -0.05) is 43.9 Å². The molecule has 0 radical (unpaired) electrons. The average Bonchev–Trinajstić information content (AvgIpc) is 2.89. The number of hydrogen-bond acceptors (Lipinski definition) is 5. The first-order valence-corrected chi connectivity index (χ1v) is 17.0. The summed E-state index contributed by atoms with van der Waals surface area (Å²) in [4.78, 5) is 2.20. The van der Waals surface area contributed by atoms with E-state index >= 15 is 0 Å². The highest BCUT2D eigenvalue weighted by Gasteiger charge is 2.34. The summed E-state index contributed by atoms with van der Waals surface area (Å²) in [6.45, 7) is 4.09. The van der Waals surface area contributed by atoms with E-state index in [1.165, 1.54) is 0 Å². The van der Waals surface area contributed by atoms with Crippen molar-refractivity contribution in [3.63, 3.8) is 0 Å². The lowest BCUT2D eigenvalue weighted by Crippen LogP contribution is -2.48. The van der Waals surface area contributed by atoms with Gasteiger partial charge in [-0.25, -0.2) is 8.42 Å². The van der Waals surface area contributed by atoms with Crippen LogP contribution in [0.2, 0.25) is 5.02 Å². The van der Waals surface area contributed by atoms with Gasteiger partial charge < -0.3 is 4.90 Å². The molecular weight excluding hydrogens is 556 g/mol. The lowest BCUT2D eigenvalue weighted by atomic mass is 10.0. The van der Waals surface area contributed by atoms with Crippen LogP contribution in [0.4, 0.5) is 5.69 Å². The Balaban J connectivity index is 1.53. The Kier molecular flexibility index (Phi) is 9.99. The molecule has 2 aromatic carbocycles. The van der Waals surface area contributed by atoms with Crippen LogP contribution in [0.15, 0.2) is 47.4 Å². The molecule has 216 valence electrons. The van der Waals surface area contributed by atoms with E-state index < -0.39 is 20.2 Å². The highest BCUT2D eigenvalue weighted by molar-refractivity contribution is 7.89. The standard InChI is InChI=1S/C28H41ClN4O4S2/c1-23-20-31(38(34,35)28-13-11-27(12-14-28)30(2)3)16-7-5-4-6-8-17-32(21-23)39(36,37)33-18-15-24-19-26(29)10-9-25(24)22-33/h9-14,19,23H,4-8,15-18,20-22H2,1-3H3/t23-/m0/s1. The summed E-state index contributed by atoms with van der Waals surface area (Å²) in [5.41, 5.74) is 3.00. The summed E-state index contributed by atoms with van der Waals surface area (Å²) < 4.78 is 59.7. The number of hydrogen-bond donors (Lipinski definition) is 0. The topological polar surface area (TPSA) is 81.2 Å². The number of nitrogens with zero attached hydrogens (tertiary/aromatic N) is 4. The number of sulfonamides is 1. The number of anilines is 1. The Bertz CT molecular complexity index is 1330. The van der Waals surface area contributed by atoms with Gasteiger partial charge >= 0.3 is 0 Å². The van der Waals surface area contributed by atoms with Gasteiger partial charge in [0.25, 0.3) is 10.2 Å². The van der Waals surface area contributed by atoms with Gasteiger partial charge in [0.2, 0.25) is 10.0 Å². The molecule has 8 nitrogen and oxygen atoms in total. The van der Waals surface area contributed by atoms with E-state index in [1.807, 2.05) is 50.2 Å². The Morgan fingerprint density at radius 2 is 1.38 bits per heavy atom. The molecule has 1 atom stereocenters. The van der Waals surface area contributed by atoms with E-state index in [1.54, 1.807) is 31.1 Å². The summed E-state index contributed by atoms with van der Waals surface area (Å²) >= 11 is 6.14. The fourth-order valence-electron chi connectivity index (χ4n) is 5.39. The molecule has 0 unspecified atom stereocenters. The van der Waals surface area contributed by atoms with Gasteiger partial charge in [-0.3, -0.25) is 0 Å². The summed E-state index contributed by atoms with van der Waals surface area (Å²) in [5, 5.41) is 0.662. The first-order valence-electron chi connectivity index (χ1n) is 13.8.